The predicted molar refractivity (Wildman–Crippen MR) is 76.3 cm³/mol. The van der Waals surface area contributed by atoms with Crippen LogP contribution in [0.1, 0.15) is 24.2 Å². The zero-order valence-electron chi connectivity index (χ0n) is 11.8. The highest BCUT2D eigenvalue weighted by Gasteiger charge is 2.22. The van der Waals surface area contributed by atoms with Crippen LogP contribution in [0.4, 0.5) is 0 Å². The number of hydrogen-bond acceptors (Lipinski definition) is 4. The lowest BCUT2D eigenvalue weighted by Crippen LogP contribution is -2.45. The molecule has 3 N–H and O–H groups in total. The van der Waals surface area contributed by atoms with E-state index in [1.165, 1.54) is 0 Å². The molecule has 0 amide bonds. The summed E-state index contributed by atoms with van der Waals surface area (Å²) in [4.78, 5) is 2.36. The van der Waals surface area contributed by atoms with E-state index in [2.05, 4.69) is 10.2 Å². The molecule has 0 bridgehead atoms. The SMILES string of the molecule is Cc1ccc(O)c(C(O)C(C)CN2CCNCC2)c1. The summed E-state index contributed by atoms with van der Waals surface area (Å²) in [5.74, 6) is 0.288. The van der Waals surface area contributed by atoms with Gasteiger partial charge in [0.25, 0.3) is 0 Å². The monoisotopic (exact) mass is 264 g/mol. The summed E-state index contributed by atoms with van der Waals surface area (Å²) in [6.45, 7) is 8.94. The Balaban J connectivity index is 2.01. The van der Waals surface area contributed by atoms with Gasteiger partial charge in [0, 0.05) is 38.3 Å². The van der Waals surface area contributed by atoms with E-state index in [0.717, 1.165) is 38.3 Å². The summed E-state index contributed by atoms with van der Waals surface area (Å²) in [5, 5.41) is 23.6. The molecular formula is C15H24N2O2. The Labute approximate surface area is 115 Å². The summed E-state index contributed by atoms with van der Waals surface area (Å²) >= 11 is 0. The van der Waals surface area contributed by atoms with Crippen molar-refractivity contribution in [2.75, 3.05) is 32.7 Å². The topological polar surface area (TPSA) is 55.7 Å². The van der Waals surface area contributed by atoms with Crippen molar-refractivity contribution in [2.24, 2.45) is 5.92 Å². The Morgan fingerprint density at radius 1 is 1.32 bits per heavy atom. The van der Waals surface area contributed by atoms with Crippen LogP contribution in [0.25, 0.3) is 0 Å². The molecule has 0 aliphatic carbocycles. The van der Waals surface area contributed by atoms with Gasteiger partial charge in [-0.1, -0.05) is 18.6 Å². The molecule has 4 heteroatoms. The zero-order valence-corrected chi connectivity index (χ0v) is 11.8. The smallest absolute Gasteiger partial charge is 0.121 e. The van der Waals surface area contributed by atoms with Gasteiger partial charge < -0.3 is 20.4 Å². The summed E-state index contributed by atoms with van der Waals surface area (Å²) in [5.41, 5.74) is 1.70. The Morgan fingerprint density at radius 3 is 2.68 bits per heavy atom. The van der Waals surface area contributed by atoms with Crippen molar-refractivity contribution in [3.05, 3.63) is 29.3 Å². The third-order valence-corrected chi connectivity index (χ3v) is 3.80. The van der Waals surface area contributed by atoms with Gasteiger partial charge in [0.05, 0.1) is 6.10 Å². The number of nitrogens with one attached hydrogen (secondary N) is 1. The fourth-order valence-electron chi connectivity index (χ4n) is 2.62. The number of aromatic hydroxyl groups is 1. The van der Waals surface area contributed by atoms with Crippen molar-refractivity contribution in [3.63, 3.8) is 0 Å². The normalized spacial score (nSPS) is 20.2. The number of benzene rings is 1. The fourth-order valence-corrected chi connectivity index (χ4v) is 2.62. The molecular weight excluding hydrogens is 240 g/mol. The quantitative estimate of drug-likeness (QED) is 0.767. The van der Waals surface area contributed by atoms with Crippen molar-refractivity contribution in [1.29, 1.82) is 0 Å². The number of hydrogen-bond donors (Lipinski definition) is 3. The molecule has 2 unspecified atom stereocenters. The summed E-state index contributed by atoms with van der Waals surface area (Å²) in [6, 6.07) is 5.38. The molecule has 4 nitrogen and oxygen atoms in total. The second-order valence-corrected chi connectivity index (χ2v) is 5.53. The summed E-state index contributed by atoms with van der Waals surface area (Å²) in [6.07, 6.45) is -0.616. The van der Waals surface area contributed by atoms with E-state index in [9.17, 15) is 10.2 Å². The van der Waals surface area contributed by atoms with Crippen LogP contribution in [0, 0.1) is 12.8 Å². The number of aliphatic hydroxyl groups is 1. The molecule has 2 rings (SSSR count). The molecule has 106 valence electrons. The summed E-state index contributed by atoms with van der Waals surface area (Å²) < 4.78 is 0. The predicted octanol–water partition coefficient (Wildman–Crippen LogP) is 1.28. The molecule has 1 aliphatic heterocycles. The molecule has 2 atom stereocenters. The third kappa shape index (κ3) is 3.69. The number of aryl methyl sites for hydroxylation is 1. The van der Waals surface area contributed by atoms with Crippen molar-refractivity contribution >= 4 is 0 Å². The molecule has 0 aromatic heterocycles. The molecule has 1 heterocycles. The van der Waals surface area contributed by atoms with Crippen molar-refractivity contribution in [3.8, 4) is 5.75 Å². The van der Waals surface area contributed by atoms with Gasteiger partial charge in [-0.2, -0.15) is 0 Å². The summed E-state index contributed by atoms with van der Waals surface area (Å²) in [7, 11) is 0. The zero-order chi connectivity index (χ0) is 13.8. The maximum Gasteiger partial charge on any atom is 0.121 e. The average Bonchev–Trinajstić information content (AvgIpc) is 2.42. The largest absolute Gasteiger partial charge is 0.508 e. The van der Waals surface area contributed by atoms with Gasteiger partial charge in [0.15, 0.2) is 0 Å². The van der Waals surface area contributed by atoms with Crippen LogP contribution in [-0.2, 0) is 0 Å². The molecule has 1 fully saturated rings. The van der Waals surface area contributed by atoms with Gasteiger partial charge in [-0.3, -0.25) is 0 Å². The molecule has 0 saturated carbocycles. The third-order valence-electron chi connectivity index (χ3n) is 3.80. The van der Waals surface area contributed by atoms with E-state index in [4.69, 9.17) is 0 Å². The van der Waals surface area contributed by atoms with Crippen LogP contribution in [0.3, 0.4) is 0 Å². The number of aliphatic hydroxyl groups excluding tert-OH is 1. The van der Waals surface area contributed by atoms with E-state index < -0.39 is 6.10 Å². The minimum Gasteiger partial charge on any atom is -0.508 e. The van der Waals surface area contributed by atoms with Crippen molar-refractivity contribution < 1.29 is 10.2 Å². The van der Waals surface area contributed by atoms with E-state index in [0.29, 0.717) is 5.56 Å². The average molecular weight is 264 g/mol. The van der Waals surface area contributed by atoms with Crippen LogP contribution < -0.4 is 5.32 Å². The lowest BCUT2D eigenvalue weighted by Gasteiger charge is -2.31. The number of phenolic OH excluding ortho intramolecular Hbond substituents is 1. The molecule has 1 aromatic carbocycles. The molecule has 0 radical (unpaired) electrons. The number of piperazine rings is 1. The first-order valence-corrected chi connectivity index (χ1v) is 6.98. The lowest BCUT2D eigenvalue weighted by atomic mass is 9.95. The highest BCUT2D eigenvalue weighted by molar-refractivity contribution is 5.37. The lowest BCUT2D eigenvalue weighted by molar-refractivity contribution is 0.0822. The molecule has 1 aromatic rings. The Hall–Kier alpha value is -1.10. The minimum absolute atomic E-state index is 0.103. The first-order chi connectivity index (χ1) is 9.08. The van der Waals surface area contributed by atoms with Crippen molar-refractivity contribution in [1.82, 2.24) is 10.2 Å². The highest BCUT2D eigenvalue weighted by atomic mass is 16.3. The number of rotatable bonds is 4. The molecule has 1 saturated heterocycles. The van der Waals surface area contributed by atoms with Crippen molar-refractivity contribution in [2.45, 2.75) is 20.0 Å². The number of nitrogens with zero attached hydrogens (tertiary/aromatic N) is 1. The second-order valence-electron chi connectivity index (χ2n) is 5.53. The van der Waals surface area contributed by atoms with Gasteiger partial charge in [0.1, 0.15) is 5.75 Å². The van der Waals surface area contributed by atoms with Gasteiger partial charge in [-0.25, -0.2) is 0 Å². The number of phenols is 1. The van der Waals surface area contributed by atoms with Gasteiger partial charge in [-0.05, 0) is 25.0 Å². The minimum atomic E-state index is -0.616. The maximum atomic E-state index is 10.4. The second kappa shape index (κ2) is 6.37. The molecule has 19 heavy (non-hydrogen) atoms. The molecule has 0 spiro atoms. The van der Waals surface area contributed by atoms with Crippen LogP contribution in [0.15, 0.2) is 18.2 Å². The Morgan fingerprint density at radius 2 is 2.00 bits per heavy atom. The van der Waals surface area contributed by atoms with Gasteiger partial charge in [-0.15, -0.1) is 0 Å². The van der Waals surface area contributed by atoms with Crippen LogP contribution in [0.5, 0.6) is 5.75 Å². The van der Waals surface area contributed by atoms with Crippen LogP contribution in [-0.4, -0.2) is 47.8 Å². The van der Waals surface area contributed by atoms with Gasteiger partial charge in [0.2, 0.25) is 0 Å². The molecule has 1 aliphatic rings. The standard InChI is InChI=1S/C15H24N2O2/c1-11-3-4-14(18)13(9-11)15(19)12(2)10-17-7-5-16-6-8-17/h3-4,9,12,15-16,18-19H,5-8,10H2,1-2H3. The van der Waals surface area contributed by atoms with Crippen LogP contribution in [0.2, 0.25) is 0 Å². The van der Waals surface area contributed by atoms with E-state index in [-0.39, 0.29) is 11.7 Å². The Bertz CT molecular complexity index is 417. The first kappa shape index (κ1) is 14.3. The van der Waals surface area contributed by atoms with E-state index in [1.54, 1.807) is 6.07 Å². The Kier molecular flexibility index (Phi) is 4.80. The highest BCUT2D eigenvalue weighted by Crippen LogP contribution is 2.30. The van der Waals surface area contributed by atoms with E-state index >= 15 is 0 Å². The maximum absolute atomic E-state index is 10.4. The van der Waals surface area contributed by atoms with E-state index in [1.807, 2.05) is 26.0 Å². The van der Waals surface area contributed by atoms with Gasteiger partial charge >= 0.3 is 0 Å². The first-order valence-electron chi connectivity index (χ1n) is 6.98. The fraction of sp³-hybridized carbons (Fsp3) is 0.600. The van der Waals surface area contributed by atoms with Crippen LogP contribution >= 0.6 is 0 Å².